The van der Waals surface area contributed by atoms with Crippen molar-refractivity contribution in [3.05, 3.63) is 34.9 Å². The molecule has 1 unspecified atom stereocenters. The fourth-order valence-corrected chi connectivity index (χ4v) is 3.70. The average molecular weight is 321 g/mol. The van der Waals surface area contributed by atoms with Crippen molar-refractivity contribution < 1.29 is 9.59 Å². The molecule has 1 aliphatic heterocycles. The maximum absolute atomic E-state index is 12.4. The molecule has 2 rings (SSSR count). The molecule has 19 heavy (non-hydrogen) atoms. The van der Waals surface area contributed by atoms with E-state index in [1.807, 2.05) is 26.0 Å². The predicted molar refractivity (Wildman–Crippen MR) is 71.8 cm³/mol. The van der Waals surface area contributed by atoms with Crippen LogP contribution in [-0.2, 0) is 10.2 Å². The summed E-state index contributed by atoms with van der Waals surface area (Å²) >= 11 is -0.271. The second-order valence-corrected chi connectivity index (χ2v) is 6.52. The fourth-order valence-electron chi connectivity index (χ4n) is 2.38. The second-order valence-electron chi connectivity index (χ2n) is 4.93. The van der Waals surface area contributed by atoms with Crippen LogP contribution in [0.4, 0.5) is 0 Å². The van der Waals surface area contributed by atoms with E-state index in [1.165, 1.54) is 11.9 Å². The van der Waals surface area contributed by atoms with E-state index in [1.54, 1.807) is 6.07 Å². The van der Waals surface area contributed by atoms with Gasteiger partial charge in [0, 0.05) is 0 Å². The molecule has 0 aromatic heterocycles. The van der Waals surface area contributed by atoms with Crippen molar-refractivity contribution in [2.45, 2.75) is 24.6 Å². The summed E-state index contributed by atoms with van der Waals surface area (Å²) in [6.45, 7) is 3.76. The monoisotopic (exact) mass is 322 g/mol. The van der Waals surface area contributed by atoms with Gasteiger partial charge < -0.3 is 0 Å². The molecule has 5 heteroatoms. The summed E-state index contributed by atoms with van der Waals surface area (Å²) in [7, 11) is 1.51. The van der Waals surface area contributed by atoms with Gasteiger partial charge in [0.05, 0.1) is 0 Å². The summed E-state index contributed by atoms with van der Waals surface area (Å²) in [5.41, 5.74) is 1.58. The molecular weight excluding hydrogens is 307 g/mol. The first-order valence-corrected chi connectivity index (χ1v) is 7.93. The molecule has 1 aromatic rings. The van der Waals surface area contributed by atoms with Gasteiger partial charge in [-0.3, -0.25) is 0 Å². The SMILES string of the molecule is Cc1ccc2c(c1)C(C)(C[Se]C#N)C(=O)N(C)C2=O. The number of hydrogen-bond donors (Lipinski definition) is 0. The van der Waals surface area contributed by atoms with E-state index in [2.05, 4.69) is 4.97 Å². The van der Waals surface area contributed by atoms with Crippen LogP contribution in [-0.4, -0.2) is 38.7 Å². The molecule has 4 nitrogen and oxygen atoms in total. The summed E-state index contributed by atoms with van der Waals surface area (Å²) < 4.78 is 0. The number of nitriles is 1. The third-order valence-electron chi connectivity index (χ3n) is 3.51. The quantitative estimate of drug-likeness (QED) is 0.612. The molecule has 1 aliphatic rings. The molecule has 0 saturated heterocycles. The zero-order valence-electron chi connectivity index (χ0n) is 11.1. The Bertz CT molecular complexity index is 606. The Kier molecular flexibility index (Phi) is 3.49. The first kappa shape index (κ1) is 13.8. The molecular formula is C14H14N2O2Se. The van der Waals surface area contributed by atoms with E-state index in [4.69, 9.17) is 5.26 Å². The van der Waals surface area contributed by atoms with Gasteiger partial charge >= 0.3 is 118 Å². The Morgan fingerprint density at radius 2 is 2.11 bits per heavy atom. The van der Waals surface area contributed by atoms with Gasteiger partial charge in [-0.15, -0.1) is 0 Å². The summed E-state index contributed by atoms with van der Waals surface area (Å²) in [5, 5.41) is 9.29. The number of likely N-dealkylation sites (N-methyl/N-ethyl adjacent to an activating group) is 1. The molecule has 2 amide bonds. The average Bonchev–Trinajstić information content (AvgIpc) is 2.41. The Balaban J connectivity index is 2.64. The van der Waals surface area contributed by atoms with Gasteiger partial charge in [-0.25, -0.2) is 0 Å². The topological polar surface area (TPSA) is 61.2 Å². The summed E-state index contributed by atoms with van der Waals surface area (Å²) in [4.78, 5) is 27.9. The van der Waals surface area contributed by atoms with Crippen molar-refractivity contribution >= 4 is 26.8 Å². The first-order valence-electron chi connectivity index (χ1n) is 5.86. The van der Waals surface area contributed by atoms with Crippen molar-refractivity contribution in [3.8, 4) is 4.97 Å². The van der Waals surface area contributed by atoms with Crippen LogP contribution in [0, 0.1) is 17.2 Å². The number of carbonyl (C=O) groups excluding carboxylic acids is 2. The van der Waals surface area contributed by atoms with Gasteiger partial charge in [0.15, 0.2) is 0 Å². The van der Waals surface area contributed by atoms with Gasteiger partial charge in [0.2, 0.25) is 0 Å². The van der Waals surface area contributed by atoms with E-state index < -0.39 is 5.41 Å². The minimum absolute atomic E-state index is 0.215. The molecule has 1 aromatic carbocycles. The summed E-state index contributed by atoms with van der Waals surface area (Å²) in [6, 6.07) is 5.54. The molecule has 0 spiro atoms. The molecule has 0 aliphatic carbocycles. The summed E-state index contributed by atoms with van der Waals surface area (Å²) in [5.74, 6) is -0.477. The molecule has 0 N–H and O–H groups in total. The predicted octanol–water partition coefficient (Wildman–Crippen LogP) is 1.47. The number of fused-ring (bicyclic) bond motifs is 1. The van der Waals surface area contributed by atoms with Gasteiger partial charge in [0.25, 0.3) is 0 Å². The number of hydrogen-bond acceptors (Lipinski definition) is 3. The van der Waals surface area contributed by atoms with E-state index in [0.29, 0.717) is 10.9 Å². The van der Waals surface area contributed by atoms with Crippen LogP contribution >= 0.6 is 0 Å². The molecule has 0 fully saturated rings. The number of aryl methyl sites for hydroxylation is 1. The number of rotatable bonds is 2. The molecule has 0 bridgehead atoms. The summed E-state index contributed by atoms with van der Waals surface area (Å²) in [6.07, 6.45) is 0. The van der Waals surface area contributed by atoms with Gasteiger partial charge in [-0.2, -0.15) is 0 Å². The van der Waals surface area contributed by atoms with Crippen molar-refractivity contribution in [2.75, 3.05) is 7.05 Å². The van der Waals surface area contributed by atoms with Gasteiger partial charge in [-0.1, -0.05) is 0 Å². The van der Waals surface area contributed by atoms with Crippen LogP contribution in [0.1, 0.15) is 28.4 Å². The Morgan fingerprint density at radius 1 is 1.42 bits per heavy atom. The van der Waals surface area contributed by atoms with Crippen LogP contribution < -0.4 is 0 Å². The number of amides is 2. The van der Waals surface area contributed by atoms with E-state index in [-0.39, 0.29) is 26.8 Å². The Hall–Kier alpha value is -1.63. The van der Waals surface area contributed by atoms with Gasteiger partial charge in [-0.05, 0) is 0 Å². The molecule has 98 valence electrons. The third kappa shape index (κ3) is 2.07. The normalized spacial score (nSPS) is 22.1. The van der Waals surface area contributed by atoms with Crippen LogP contribution in [0.5, 0.6) is 0 Å². The zero-order valence-corrected chi connectivity index (χ0v) is 12.8. The third-order valence-corrected chi connectivity index (χ3v) is 5.29. The fraction of sp³-hybridized carbons (Fsp3) is 0.357. The van der Waals surface area contributed by atoms with E-state index in [9.17, 15) is 9.59 Å². The first-order chi connectivity index (χ1) is 8.91. The Morgan fingerprint density at radius 3 is 2.74 bits per heavy atom. The van der Waals surface area contributed by atoms with Crippen molar-refractivity contribution in [1.29, 1.82) is 5.26 Å². The van der Waals surface area contributed by atoms with Crippen molar-refractivity contribution in [1.82, 2.24) is 4.90 Å². The van der Waals surface area contributed by atoms with E-state index >= 15 is 0 Å². The molecule has 1 heterocycles. The minimum atomic E-state index is -0.764. The van der Waals surface area contributed by atoms with Crippen LogP contribution in [0.3, 0.4) is 0 Å². The maximum atomic E-state index is 12.4. The van der Waals surface area contributed by atoms with Crippen molar-refractivity contribution in [2.24, 2.45) is 0 Å². The molecule has 0 radical (unpaired) electrons. The second kappa shape index (κ2) is 4.80. The standard InChI is InChI=1S/C14H14N2O2Se/c1-9-4-5-10-11(6-9)14(2,7-19-8-15)13(18)16(3)12(10)17/h4-6H,7H2,1-3H3. The van der Waals surface area contributed by atoms with Gasteiger partial charge in [0.1, 0.15) is 0 Å². The van der Waals surface area contributed by atoms with Crippen LogP contribution in [0.25, 0.3) is 0 Å². The molecule has 1 atom stereocenters. The Labute approximate surface area is 118 Å². The number of nitrogens with zero attached hydrogens (tertiary/aromatic N) is 2. The van der Waals surface area contributed by atoms with Crippen LogP contribution in [0.2, 0.25) is 5.32 Å². The number of carbonyl (C=O) groups is 2. The van der Waals surface area contributed by atoms with E-state index in [0.717, 1.165) is 11.1 Å². The number of imide groups is 1. The number of benzene rings is 1. The van der Waals surface area contributed by atoms with Crippen LogP contribution in [0.15, 0.2) is 18.2 Å². The zero-order chi connectivity index (χ0) is 14.2. The molecule has 0 saturated carbocycles. The van der Waals surface area contributed by atoms with Crippen molar-refractivity contribution in [3.63, 3.8) is 0 Å².